The van der Waals surface area contributed by atoms with Gasteiger partial charge in [-0.25, -0.2) is 0 Å². The fourth-order valence-corrected chi connectivity index (χ4v) is 2.64. The minimum absolute atomic E-state index is 0.403. The molecule has 1 aromatic carbocycles. The van der Waals surface area contributed by atoms with Gasteiger partial charge in [0.15, 0.2) is 0 Å². The molecule has 1 aliphatic rings. The molecular formula is C10H11Cl2N. The second kappa shape index (κ2) is 3.49. The second-order valence-corrected chi connectivity index (χ2v) is 4.18. The summed E-state index contributed by atoms with van der Waals surface area (Å²) in [5.74, 6) is 0. The Labute approximate surface area is 88.0 Å². The number of hydrogen-bond donors (Lipinski definition) is 1. The fraction of sp³-hybridized carbons (Fsp3) is 0.400. The maximum absolute atomic E-state index is 6.12. The maximum Gasteiger partial charge on any atom is 0.0471 e. The van der Waals surface area contributed by atoms with Crippen LogP contribution >= 0.6 is 23.2 Å². The van der Waals surface area contributed by atoms with Gasteiger partial charge in [0.25, 0.3) is 0 Å². The topological polar surface area (TPSA) is 12.0 Å². The lowest BCUT2D eigenvalue weighted by molar-refractivity contribution is 0.590. The Balaban J connectivity index is 2.51. The van der Waals surface area contributed by atoms with Crippen LogP contribution in [0.5, 0.6) is 0 Å². The SMILES string of the molecule is CNC1CCc2cc(Cl)cc(Cl)c21. The third kappa shape index (κ3) is 1.56. The van der Waals surface area contributed by atoms with Crippen molar-refractivity contribution in [1.82, 2.24) is 5.32 Å². The van der Waals surface area contributed by atoms with E-state index in [2.05, 4.69) is 5.32 Å². The lowest BCUT2D eigenvalue weighted by Crippen LogP contribution is -2.13. The summed E-state index contributed by atoms with van der Waals surface area (Å²) in [6, 6.07) is 4.23. The molecule has 1 aromatic rings. The zero-order chi connectivity index (χ0) is 9.42. The number of benzene rings is 1. The number of fused-ring (bicyclic) bond motifs is 1. The molecule has 70 valence electrons. The van der Waals surface area contributed by atoms with Crippen LogP contribution in [-0.2, 0) is 6.42 Å². The Morgan fingerprint density at radius 2 is 2.15 bits per heavy atom. The Bertz CT molecular complexity index is 336. The van der Waals surface area contributed by atoms with E-state index in [1.165, 1.54) is 11.1 Å². The van der Waals surface area contributed by atoms with Gasteiger partial charge < -0.3 is 5.32 Å². The molecule has 0 saturated heterocycles. The first kappa shape index (κ1) is 9.32. The standard InChI is InChI=1S/C10H11Cl2N/c1-13-9-3-2-6-4-7(11)5-8(12)10(6)9/h4-5,9,13H,2-3H2,1H3. The molecule has 13 heavy (non-hydrogen) atoms. The van der Waals surface area contributed by atoms with E-state index in [0.29, 0.717) is 6.04 Å². The second-order valence-electron chi connectivity index (χ2n) is 3.34. The highest BCUT2D eigenvalue weighted by molar-refractivity contribution is 6.35. The summed E-state index contributed by atoms with van der Waals surface area (Å²) in [5, 5.41) is 4.78. The lowest BCUT2D eigenvalue weighted by atomic mass is 10.1. The van der Waals surface area contributed by atoms with E-state index in [1.807, 2.05) is 19.2 Å². The molecule has 1 N–H and O–H groups in total. The van der Waals surface area contributed by atoms with Crippen LogP contribution in [-0.4, -0.2) is 7.05 Å². The van der Waals surface area contributed by atoms with Crippen LogP contribution < -0.4 is 5.32 Å². The Morgan fingerprint density at radius 3 is 2.85 bits per heavy atom. The van der Waals surface area contributed by atoms with Gasteiger partial charge in [0, 0.05) is 16.1 Å². The third-order valence-corrected chi connectivity index (χ3v) is 3.11. The quantitative estimate of drug-likeness (QED) is 0.760. The molecule has 0 amide bonds. The third-order valence-electron chi connectivity index (χ3n) is 2.58. The molecule has 1 aliphatic carbocycles. The molecule has 0 fully saturated rings. The highest BCUT2D eigenvalue weighted by Crippen LogP contribution is 2.37. The minimum atomic E-state index is 0.403. The van der Waals surface area contributed by atoms with E-state index in [-0.39, 0.29) is 0 Å². The molecule has 0 bridgehead atoms. The van der Waals surface area contributed by atoms with Crippen molar-refractivity contribution in [1.29, 1.82) is 0 Å². The number of aryl methyl sites for hydroxylation is 1. The van der Waals surface area contributed by atoms with Crippen LogP contribution in [0.25, 0.3) is 0 Å². The molecule has 0 heterocycles. The van der Waals surface area contributed by atoms with Crippen molar-refractivity contribution in [3.63, 3.8) is 0 Å². The molecule has 0 saturated carbocycles. The average molecular weight is 216 g/mol. The molecule has 0 aliphatic heterocycles. The molecule has 1 unspecified atom stereocenters. The van der Waals surface area contributed by atoms with Crippen LogP contribution in [0.1, 0.15) is 23.6 Å². The van der Waals surface area contributed by atoms with Gasteiger partial charge in [-0.15, -0.1) is 0 Å². The highest BCUT2D eigenvalue weighted by atomic mass is 35.5. The number of nitrogens with one attached hydrogen (secondary N) is 1. The van der Waals surface area contributed by atoms with E-state index in [4.69, 9.17) is 23.2 Å². The van der Waals surface area contributed by atoms with Gasteiger partial charge in [-0.2, -0.15) is 0 Å². The zero-order valence-corrected chi connectivity index (χ0v) is 8.91. The number of rotatable bonds is 1. The molecular weight excluding hydrogens is 205 g/mol. The molecule has 2 rings (SSSR count). The minimum Gasteiger partial charge on any atom is -0.313 e. The van der Waals surface area contributed by atoms with E-state index < -0.39 is 0 Å². The van der Waals surface area contributed by atoms with Gasteiger partial charge in [-0.1, -0.05) is 23.2 Å². The number of hydrogen-bond acceptors (Lipinski definition) is 1. The highest BCUT2D eigenvalue weighted by Gasteiger charge is 2.23. The Morgan fingerprint density at radius 1 is 1.38 bits per heavy atom. The van der Waals surface area contributed by atoms with E-state index in [9.17, 15) is 0 Å². The number of halogens is 2. The molecule has 1 nitrogen and oxygen atoms in total. The van der Waals surface area contributed by atoms with Crippen LogP contribution in [0.2, 0.25) is 10.0 Å². The zero-order valence-electron chi connectivity index (χ0n) is 7.40. The lowest BCUT2D eigenvalue weighted by Gasteiger charge is -2.11. The Hall–Kier alpha value is -0.240. The fourth-order valence-electron chi connectivity index (χ4n) is 1.97. The van der Waals surface area contributed by atoms with Crippen molar-refractivity contribution < 1.29 is 0 Å². The monoisotopic (exact) mass is 215 g/mol. The largest absolute Gasteiger partial charge is 0.313 e. The van der Waals surface area contributed by atoms with Crippen molar-refractivity contribution in [2.45, 2.75) is 18.9 Å². The molecule has 1 atom stereocenters. The van der Waals surface area contributed by atoms with E-state index >= 15 is 0 Å². The van der Waals surface area contributed by atoms with Crippen molar-refractivity contribution in [2.75, 3.05) is 7.05 Å². The summed E-state index contributed by atoms with van der Waals surface area (Å²) in [6.07, 6.45) is 2.19. The summed E-state index contributed by atoms with van der Waals surface area (Å²) >= 11 is 12.0. The molecule has 0 radical (unpaired) electrons. The molecule has 0 aromatic heterocycles. The summed E-state index contributed by atoms with van der Waals surface area (Å²) < 4.78 is 0. The normalized spacial score (nSPS) is 20.4. The van der Waals surface area contributed by atoms with Crippen LogP contribution in [0.15, 0.2) is 12.1 Å². The van der Waals surface area contributed by atoms with Crippen molar-refractivity contribution in [3.05, 3.63) is 33.3 Å². The summed E-state index contributed by atoms with van der Waals surface area (Å²) in [5.41, 5.74) is 2.52. The smallest absolute Gasteiger partial charge is 0.0471 e. The van der Waals surface area contributed by atoms with Gasteiger partial charge in [-0.3, -0.25) is 0 Å². The predicted octanol–water partition coefficient (Wildman–Crippen LogP) is 3.20. The van der Waals surface area contributed by atoms with Crippen LogP contribution in [0.4, 0.5) is 0 Å². The first-order valence-corrected chi connectivity index (χ1v) is 5.13. The van der Waals surface area contributed by atoms with Crippen LogP contribution in [0, 0.1) is 0 Å². The predicted molar refractivity (Wildman–Crippen MR) is 56.6 cm³/mol. The first-order chi connectivity index (χ1) is 6.22. The van der Waals surface area contributed by atoms with Crippen LogP contribution in [0.3, 0.4) is 0 Å². The van der Waals surface area contributed by atoms with Gasteiger partial charge in [0.1, 0.15) is 0 Å². The van der Waals surface area contributed by atoms with Crippen molar-refractivity contribution >= 4 is 23.2 Å². The summed E-state index contributed by atoms with van der Waals surface area (Å²) in [6.45, 7) is 0. The van der Waals surface area contributed by atoms with Gasteiger partial charge >= 0.3 is 0 Å². The van der Waals surface area contributed by atoms with E-state index in [0.717, 1.165) is 22.9 Å². The molecule has 0 spiro atoms. The Kier molecular flexibility index (Phi) is 2.50. The first-order valence-electron chi connectivity index (χ1n) is 4.37. The van der Waals surface area contributed by atoms with Crippen molar-refractivity contribution in [2.24, 2.45) is 0 Å². The van der Waals surface area contributed by atoms with Gasteiger partial charge in [-0.05, 0) is 43.1 Å². The summed E-state index contributed by atoms with van der Waals surface area (Å²) in [7, 11) is 1.96. The van der Waals surface area contributed by atoms with Gasteiger partial charge in [0.2, 0.25) is 0 Å². The average Bonchev–Trinajstić information content (AvgIpc) is 2.47. The maximum atomic E-state index is 6.12. The van der Waals surface area contributed by atoms with Crippen molar-refractivity contribution in [3.8, 4) is 0 Å². The summed E-state index contributed by atoms with van der Waals surface area (Å²) in [4.78, 5) is 0. The van der Waals surface area contributed by atoms with Gasteiger partial charge in [0.05, 0.1) is 0 Å². The van der Waals surface area contributed by atoms with E-state index in [1.54, 1.807) is 0 Å². The molecule has 3 heteroatoms.